The Morgan fingerprint density at radius 2 is 1.64 bits per heavy atom. The van der Waals surface area contributed by atoms with Crippen molar-refractivity contribution in [3.05, 3.63) is 131 Å². The van der Waals surface area contributed by atoms with E-state index in [0.29, 0.717) is 40.1 Å². The lowest BCUT2D eigenvalue weighted by Gasteiger charge is -2.43. The molecule has 3 aromatic carbocycles. The molecule has 302 valence electrons. The van der Waals surface area contributed by atoms with E-state index in [1.54, 1.807) is 6.20 Å². The van der Waals surface area contributed by atoms with E-state index in [-0.39, 0.29) is 23.8 Å². The second-order valence-electron chi connectivity index (χ2n) is 16.6. The summed E-state index contributed by atoms with van der Waals surface area (Å²) in [5, 5.41) is 12.1. The molecule has 2 saturated heterocycles. The average molecular weight is 810 g/mol. The quantitative estimate of drug-likeness (QED) is 0.144. The molecule has 5 heterocycles. The van der Waals surface area contributed by atoms with Crippen LogP contribution in [0.15, 0.2) is 108 Å². The third-order valence-electron chi connectivity index (χ3n) is 11.5. The first kappa shape index (κ1) is 38.7. The van der Waals surface area contributed by atoms with E-state index >= 15 is 0 Å². The van der Waals surface area contributed by atoms with Crippen LogP contribution in [0.5, 0.6) is 0 Å². The fraction of sp³-hybridized carbons (Fsp3) is 0.348. The van der Waals surface area contributed by atoms with Crippen molar-refractivity contribution >= 4 is 57.7 Å². The Morgan fingerprint density at radius 3 is 2.34 bits per heavy atom. The first-order valence-electron chi connectivity index (χ1n) is 20.4. The fourth-order valence-corrected chi connectivity index (χ4v) is 8.87. The molecule has 3 aliphatic rings. The number of nitrogens with zero attached hydrogens (tertiary/aromatic N) is 7. The van der Waals surface area contributed by atoms with Gasteiger partial charge in [0.25, 0.3) is 0 Å². The smallest absolute Gasteiger partial charge is 0.408 e. The van der Waals surface area contributed by atoms with Crippen molar-refractivity contribution < 1.29 is 14.3 Å². The van der Waals surface area contributed by atoms with Crippen LogP contribution in [-0.4, -0.2) is 61.8 Å². The van der Waals surface area contributed by atoms with E-state index in [9.17, 15) is 4.79 Å². The minimum Gasteiger partial charge on any atom is -0.444 e. The van der Waals surface area contributed by atoms with E-state index in [0.717, 1.165) is 74.3 Å². The van der Waals surface area contributed by atoms with Crippen molar-refractivity contribution in [1.82, 2.24) is 30.0 Å². The molecule has 2 aliphatic heterocycles. The van der Waals surface area contributed by atoms with Gasteiger partial charge in [0, 0.05) is 42.4 Å². The van der Waals surface area contributed by atoms with Gasteiger partial charge in [-0.05, 0) is 76.5 Å². The van der Waals surface area contributed by atoms with Crippen molar-refractivity contribution in [2.45, 2.75) is 77.2 Å². The molecule has 3 aromatic heterocycles. The molecular formula is C46H48ClN9O3. The van der Waals surface area contributed by atoms with Crippen LogP contribution in [0.4, 0.5) is 27.9 Å². The SMILES string of the molecule is CC(C)(C)OC(=O)N[C@@H]1c2ccccc2CC12CCN(c1cnc3c(Nc4ccnc(N=C(c5ccccc5)c5ccccc5)c4Cl)nn(C4CCCCO4)c3n1)CC2. The summed E-state index contributed by atoms with van der Waals surface area (Å²) in [7, 11) is 0. The maximum absolute atomic E-state index is 13.1. The molecule has 1 spiro atoms. The van der Waals surface area contributed by atoms with Gasteiger partial charge in [0.05, 0.1) is 23.6 Å². The standard InChI is InChI=1S/C46H48ClN9O3/c1-45(2,3)59-44(57)53-40-33-19-11-10-18-32(33)28-46(40)22-25-55(26-23-46)35-29-49-39-42(54-56(43(39)51-35)36-20-12-13-27-58-36)50-34-21-24-48-41(37(34)47)52-38(30-14-6-4-7-15-30)31-16-8-5-9-17-31/h4-11,14-19,21,24,29,36,40H,12-13,20,22-23,25-28H2,1-3H3,(H,53,57)(H,48,50,54)/t36?,40-/m1/s1. The lowest BCUT2D eigenvalue weighted by Crippen LogP contribution is -2.48. The zero-order valence-corrected chi connectivity index (χ0v) is 34.3. The first-order chi connectivity index (χ1) is 28.6. The van der Waals surface area contributed by atoms with Gasteiger partial charge in [0.15, 0.2) is 29.0 Å². The van der Waals surface area contributed by atoms with Crippen LogP contribution in [0, 0.1) is 5.41 Å². The lowest BCUT2D eigenvalue weighted by molar-refractivity contribution is -0.0368. The zero-order valence-electron chi connectivity index (χ0n) is 33.6. The van der Waals surface area contributed by atoms with Crippen molar-refractivity contribution in [3.63, 3.8) is 0 Å². The molecule has 12 nitrogen and oxygen atoms in total. The molecule has 2 N–H and O–H groups in total. The lowest BCUT2D eigenvalue weighted by atomic mass is 9.72. The predicted octanol–water partition coefficient (Wildman–Crippen LogP) is 9.90. The Balaban J connectivity index is 1.01. The molecular weight excluding hydrogens is 762 g/mol. The van der Waals surface area contributed by atoms with E-state index in [4.69, 9.17) is 41.1 Å². The van der Waals surface area contributed by atoms with E-state index in [1.165, 1.54) is 11.1 Å². The number of fused-ring (bicyclic) bond motifs is 2. The molecule has 13 heteroatoms. The molecule has 2 fully saturated rings. The van der Waals surface area contributed by atoms with Crippen molar-refractivity contribution in [2.75, 3.05) is 29.9 Å². The Morgan fingerprint density at radius 1 is 0.932 bits per heavy atom. The van der Waals surface area contributed by atoms with Crippen LogP contribution in [-0.2, 0) is 15.9 Å². The van der Waals surface area contributed by atoms with Gasteiger partial charge < -0.3 is 25.0 Å². The third kappa shape index (κ3) is 7.99. The number of carbonyl (C=O) groups is 1. The summed E-state index contributed by atoms with van der Waals surface area (Å²) in [6.07, 6.45) is 8.32. The summed E-state index contributed by atoms with van der Waals surface area (Å²) < 4.78 is 13.8. The number of carbonyl (C=O) groups excluding carboxylic acids is 1. The second kappa shape index (κ2) is 16.1. The summed E-state index contributed by atoms with van der Waals surface area (Å²) in [6.45, 7) is 7.83. The number of alkyl carbamates (subject to hydrolysis) is 1. The molecule has 9 rings (SSSR count). The van der Waals surface area contributed by atoms with Crippen LogP contribution in [0.25, 0.3) is 11.2 Å². The largest absolute Gasteiger partial charge is 0.444 e. The van der Waals surface area contributed by atoms with Gasteiger partial charge in [-0.25, -0.2) is 29.4 Å². The van der Waals surface area contributed by atoms with E-state index in [2.05, 4.69) is 38.7 Å². The number of ether oxygens (including phenoxy) is 2. The summed E-state index contributed by atoms with van der Waals surface area (Å²) in [4.78, 5) is 35.2. The zero-order chi connectivity index (χ0) is 40.6. The molecule has 1 amide bonds. The molecule has 1 unspecified atom stereocenters. The fourth-order valence-electron chi connectivity index (χ4n) is 8.67. The first-order valence-corrected chi connectivity index (χ1v) is 20.8. The monoisotopic (exact) mass is 809 g/mol. The van der Waals surface area contributed by atoms with E-state index < -0.39 is 5.60 Å². The van der Waals surface area contributed by atoms with Gasteiger partial charge in [0.2, 0.25) is 0 Å². The van der Waals surface area contributed by atoms with Gasteiger partial charge in [-0.2, -0.15) is 0 Å². The predicted molar refractivity (Wildman–Crippen MR) is 231 cm³/mol. The van der Waals surface area contributed by atoms with Gasteiger partial charge in [-0.15, -0.1) is 5.10 Å². The number of anilines is 3. The molecule has 6 aromatic rings. The number of benzene rings is 3. The molecule has 1 aliphatic carbocycles. The van der Waals surface area contributed by atoms with E-state index in [1.807, 2.05) is 104 Å². The number of nitrogens with one attached hydrogen (secondary N) is 2. The number of hydrogen-bond donors (Lipinski definition) is 2. The minimum atomic E-state index is -0.586. The molecule has 0 saturated carbocycles. The number of pyridine rings is 1. The molecule has 0 bridgehead atoms. The Kier molecular flexibility index (Phi) is 10.5. The van der Waals surface area contributed by atoms with Crippen LogP contribution in [0.1, 0.15) is 87.4 Å². The normalized spacial score (nSPS) is 18.7. The van der Waals surface area contributed by atoms with Crippen molar-refractivity contribution in [1.29, 1.82) is 0 Å². The van der Waals surface area contributed by atoms with Gasteiger partial charge in [0.1, 0.15) is 16.4 Å². The number of halogens is 1. The Labute approximate surface area is 349 Å². The summed E-state index contributed by atoms with van der Waals surface area (Å²) >= 11 is 7.09. The number of aromatic nitrogens is 5. The van der Waals surface area contributed by atoms with Crippen molar-refractivity contribution in [3.8, 4) is 0 Å². The molecule has 2 atom stereocenters. The summed E-state index contributed by atoms with van der Waals surface area (Å²) in [6, 6.07) is 30.1. The second-order valence-corrected chi connectivity index (χ2v) is 17.0. The maximum atomic E-state index is 13.1. The van der Waals surface area contributed by atoms with Crippen molar-refractivity contribution in [2.24, 2.45) is 10.4 Å². The number of piperidine rings is 1. The van der Waals surface area contributed by atoms with Crippen LogP contribution < -0.4 is 15.5 Å². The number of hydrogen-bond acceptors (Lipinski definition) is 10. The van der Waals surface area contributed by atoms with Gasteiger partial charge >= 0.3 is 6.09 Å². The van der Waals surface area contributed by atoms with Crippen LogP contribution >= 0.6 is 11.6 Å². The van der Waals surface area contributed by atoms with Gasteiger partial charge in [-0.1, -0.05) is 96.5 Å². The minimum absolute atomic E-state index is 0.140. The number of aliphatic imine (C=N–C) groups is 1. The molecule has 0 radical (unpaired) electrons. The highest BCUT2D eigenvalue weighted by molar-refractivity contribution is 6.35. The highest BCUT2D eigenvalue weighted by atomic mass is 35.5. The van der Waals surface area contributed by atoms with Crippen LogP contribution in [0.2, 0.25) is 5.02 Å². The highest BCUT2D eigenvalue weighted by Crippen LogP contribution is 2.52. The Bertz CT molecular complexity index is 2450. The third-order valence-corrected chi connectivity index (χ3v) is 11.9. The highest BCUT2D eigenvalue weighted by Gasteiger charge is 2.49. The summed E-state index contributed by atoms with van der Waals surface area (Å²) in [5.74, 6) is 1.67. The van der Waals surface area contributed by atoms with Crippen LogP contribution in [0.3, 0.4) is 0 Å². The number of rotatable bonds is 8. The maximum Gasteiger partial charge on any atom is 0.408 e. The Hall–Kier alpha value is -5.85. The topological polar surface area (TPSA) is 132 Å². The average Bonchev–Trinajstić information content (AvgIpc) is 3.75. The number of amides is 1. The molecule has 59 heavy (non-hydrogen) atoms. The summed E-state index contributed by atoms with van der Waals surface area (Å²) in [5.41, 5.74) is 6.22. The van der Waals surface area contributed by atoms with Gasteiger partial charge in [-0.3, -0.25) is 0 Å².